The second-order valence-electron chi connectivity index (χ2n) is 10.3. The Morgan fingerprint density at radius 1 is 1.13 bits per heavy atom. The average molecular weight is 760 g/mol. The summed E-state index contributed by atoms with van der Waals surface area (Å²) in [5.74, 6) is 5.58. The first-order chi connectivity index (χ1) is 21.2. The number of hydrogen-bond donors (Lipinski definition) is 3. The quantitative estimate of drug-likeness (QED) is 0.105. The van der Waals surface area contributed by atoms with Gasteiger partial charge in [-0.3, -0.25) is 0 Å². The van der Waals surface area contributed by atoms with Gasteiger partial charge in [-0.1, -0.05) is 29.4 Å². The number of anilines is 4. The first-order valence-corrected chi connectivity index (χ1v) is 15.4. The van der Waals surface area contributed by atoms with Gasteiger partial charge in [0.05, 0.1) is 30.9 Å². The Bertz CT molecular complexity index is 1840. The van der Waals surface area contributed by atoms with Crippen LogP contribution < -0.4 is 43.8 Å². The van der Waals surface area contributed by atoms with Crippen LogP contribution in [0, 0.1) is 24.6 Å². The van der Waals surface area contributed by atoms with Gasteiger partial charge >= 0.3 is 5.97 Å². The Morgan fingerprint density at radius 3 is 2.64 bits per heavy atom. The molecule has 5 rings (SSSR count). The number of fused-ring (bicyclic) bond motifs is 1. The van der Waals surface area contributed by atoms with Crippen molar-refractivity contribution in [2.45, 2.75) is 19.8 Å². The van der Waals surface area contributed by atoms with E-state index >= 15 is 0 Å². The number of aromatic nitrogens is 4. The first-order valence-electron chi connectivity index (χ1n) is 13.8. The number of carboxylic acid groups (broad SMARTS) is 1. The molecule has 0 saturated carbocycles. The van der Waals surface area contributed by atoms with Crippen LogP contribution in [0.5, 0.6) is 5.75 Å². The summed E-state index contributed by atoms with van der Waals surface area (Å²) in [5.41, 5.74) is 2.31. The highest BCUT2D eigenvalue weighted by atomic mass is 127. The third-order valence-electron chi connectivity index (χ3n) is 6.42. The second kappa shape index (κ2) is 15.4. The molecule has 0 saturated heterocycles. The van der Waals surface area contributed by atoms with Gasteiger partial charge in [-0.25, -0.2) is 19.2 Å². The number of carboxylic acids is 1. The number of aromatic carboxylic acids is 1. The van der Waals surface area contributed by atoms with Crippen molar-refractivity contribution in [3.63, 3.8) is 0 Å². The molecule has 0 bridgehead atoms. The predicted molar refractivity (Wildman–Crippen MR) is 172 cm³/mol. The van der Waals surface area contributed by atoms with Crippen molar-refractivity contribution in [2.24, 2.45) is 0 Å². The van der Waals surface area contributed by atoms with Crippen LogP contribution in [0.4, 0.5) is 26.3 Å². The second-order valence-corrected chi connectivity index (χ2v) is 12.4. The minimum atomic E-state index is -1.12. The molecule has 0 aliphatic carbocycles. The molecule has 0 fully saturated rings. The highest BCUT2D eigenvalue weighted by Gasteiger charge is 2.21. The molecule has 45 heavy (non-hydrogen) atoms. The van der Waals surface area contributed by atoms with E-state index in [1.54, 1.807) is 24.1 Å². The fourth-order valence-electron chi connectivity index (χ4n) is 4.14. The van der Waals surface area contributed by atoms with Crippen LogP contribution in [-0.2, 0) is 6.42 Å². The van der Waals surface area contributed by atoms with Crippen molar-refractivity contribution in [3.8, 4) is 17.6 Å². The lowest BCUT2D eigenvalue weighted by Gasteiger charge is -2.15. The number of nitrogens with one attached hydrogen (secondary N) is 2. The zero-order valence-electron chi connectivity index (χ0n) is 25.0. The molecule has 3 aromatic heterocycles. The van der Waals surface area contributed by atoms with Gasteiger partial charge in [-0.15, -0.1) is 21.5 Å². The van der Waals surface area contributed by atoms with Gasteiger partial charge < -0.3 is 48.9 Å². The molecule has 0 amide bonds. The van der Waals surface area contributed by atoms with Crippen molar-refractivity contribution < 1.29 is 47.9 Å². The molecule has 5 aromatic rings. The maximum atomic E-state index is 14.5. The van der Waals surface area contributed by atoms with Crippen LogP contribution >= 0.6 is 22.7 Å². The van der Waals surface area contributed by atoms with Gasteiger partial charge in [0, 0.05) is 17.5 Å². The minimum absolute atomic E-state index is 0. The fourth-order valence-corrected chi connectivity index (χ4v) is 6.06. The Balaban J connectivity index is 0.00000461. The molecule has 0 aliphatic rings. The van der Waals surface area contributed by atoms with Gasteiger partial charge in [-0.2, -0.15) is 0 Å². The van der Waals surface area contributed by atoms with Crippen molar-refractivity contribution in [1.29, 1.82) is 0 Å². The Labute approximate surface area is 285 Å². The maximum Gasteiger partial charge on any atom is 0.355 e. The van der Waals surface area contributed by atoms with Crippen LogP contribution in [0.3, 0.4) is 0 Å². The highest BCUT2D eigenvalue weighted by molar-refractivity contribution is 7.22. The number of thiazole rings is 2. The number of quaternary nitrogens is 1. The van der Waals surface area contributed by atoms with E-state index in [1.807, 2.05) is 51.4 Å². The van der Waals surface area contributed by atoms with Crippen molar-refractivity contribution >= 4 is 60.8 Å². The molecular formula is C31H31FIN7O3S2. The van der Waals surface area contributed by atoms with E-state index in [0.29, 0.717) is 46.6 Å². The number of nitrogens with zero attached hydrogens (tertiary/aromatic N) is 5. The van der Waals surface area contributed by atoms with E-state index < -0.39 is 11.8 Å². The zero-order valence-corrected chi connectivity index (χ0v) is 28.8. The standard InChI is InChI=1S/C31H30FN7O3S2.HI/c1-19-17-26(36-37-28(19)35-30-33-22-10-5-6-11-24(22)43-30)39(4)31-34-27(29(40)41)25(44-31)12-8-16-42-23-14-13-20(18-21(23)32)9-7-15-38(2)3;/h5-6,10-11,13-14,17-18H,8,12,15-16H2,1-4H3,(H,40,41)(H,33,35,37);1H. The maximum absolute atomic E-state index is 14.5. The summed E-state index contributed by atoms with van der Waals surface area (Å²) in [4.78, 5) is 24.4. The summed E-state index contributed by atoms with van der Waals surface area (Å²) in [6, 6.07) is 14.4. The van der Waals surface area contributed by atoms with Crippen molar-refractivity contribution in [1.82, 2.24) is 20.2 Å². The Kier molecular flexibility index (Phi) is 11.6. The van der Waals surface area contributed by atoms with Gasteiger partial charge in [0.15, 0.2) is 39.2 Å². The lowest BCUT2D eigenvalue weighted by Crippen LogP contribution is -3.05. The minimum Gasteiger partial charge on any atom is -1.00 e. The molecule has 0 spiro atoms. The van der Waals surface area contributed by atoms with E-state index in [2.05, 4.69) is 37.3 Å². The SMILES string of the molecule is Cc1cc(N(C)c2nc(C(=O)O)c(CCCOc3ccc(C#CC[NH+](C)C)cc3F)s2)nnc1Nc1nc2ccccc2s1.[I-]. The number of aryl methyl sites for hydroxylation is 2. The number of benzene rings is 2. The lowest BCUT2D eigenvalue weighted by atomic mass is 10.2. The van der Waals surface area contributed by atoms with Gasteiger partial charge in [0.1, 0.15) is 6.54 Å². The van der Waals surface area contributed by atoms with E-state index in [1.165, 1.54) is 33.6 Å². The number of halogens is 2. The van der Waals surface area contributed by atoms with E-state index in [4.69, 9.17) is 4.74 Å². The number of hydrogen-bond acceptors (Lipinski definition) is 10. The summed E-state index contributed by atoms with van der Waals surface area (Å²) in [5, 5.41) is 22.9. The van der Waals surface area contributed by atoms with Gasteiger partial charge in [0.25, 0.3) is 0 Å². The summed E-state index contributed by atoms with van der Waals surface area (Å²) >= 11 is 2.79. The van der Waals surface area contributed by atoms with Crippen LogP contribution in [0.15, 0.2) is 48.5 Å². The molecule has 10 nitrogen and oxygen atoms in total. The molecular weight excluding hydrogens is 728 g/mol. The predicted octanol–water partition coefficient (Wildman–Crippen LogP) is 1.71. The molecule has 2 aromatic carbocycles. The van der Waals surface area contributed by atoms with Crippen molar-refractivity contribution in [2.75, 3.05) is 44.5 Å². The van der Waals surface area contributed by atoms with Gasteiger partial charge in [0.2, 0.25) is 0 Å². The molecule has 3 heterocycles. The molecule has 0 radical (unpaired) electrons. The Morgan fingerprint density at radius 2 is 1.93 bits per heavy atom. The summed E-state index contributed by atoms with van der Waals surface area (Å²) in [6.45, 7) is 2.78. The van der Waals surface area contributed by atoms with Crippen molar-refractivity contribution in [3.05, 3.63) is 76.0 Å². The van der Waals surface area contributed by atoms with Crippen LogP contribution in [0.25, 0.3) is 10.2 Å². The van der Waals surface area contributed by atoms with Crippen LogP contribution in [0.2, 0.25) is 0 Å². The molecule has 234 valence electrons. The monoisotopic (exact) mass is 759 g/mol. The third-order valence-corrected chi connectivity index (χ3v) is 8.57. The molecule has 0 atom stereocenters. The number of para-hydroxylation sites is 1. The average Bonchev–Trinajstić information content (AvgIpc) is 3.61. The van der Waals surface area contributed by atoms with Crippen LogP contribution in [-0.4, -0.2) is 65.5 Å². The highest BCUT2D eigenvalue weighted by Crippen LogP contribution is 2.33. The summed E-state index contributed by atoms with van der Waals surface area (Å²) < 4.78 is 21.2. The normalized spacial score (nSPS) is 10.7. The number of carbonyl (C=O) groups is 1. The smallest absolute Gasteiger partial charge is 0.355 e. The van der Waals surface area contributed by atoms with Gasteiger partial charge in [-0.05, 0) is 67.6 Å². The summed E-state index contributed by atoms with van der Waals surface area (Å²) in [6.07, 6.45) is 0.879. The summed E-state index contributed by atoms with van der Waals surface area (Å²) in [7, 11) is 5.76. The number of rotatable bonds is 11. The molecule has 0 unspecified atom stereocenters. The largest absolute Gasteiger partial charge is 1.00 e. The molecule has 0 aliphatic heterocycles. The van der Waals surface area contributed by atoms with Crippen LogP contribution in [0.1, 0.15) is 32.9 Å². The first kappa shape index (κ1) is 34.0. The topological polar surface area (TPSA) is 118 Å². The third kappa shape index (κ3) is 8.63. The molecule has 3 N–H and O–H groups in total. The Hall–Kier alpha value is -3.91. The molecule has 14 heteroatoms. The lowest BCUT2D eigenvalue weighted by molar-refractivity contribution is -0.850. The van der Waals surface area contributed by atoms with E-state index in [-0.39, 0.29) is 42.0 Å². The fraction of sp³-hybridized carbons (Fsp3) is 0.258. The number of ether oxygens (including phenoxy) is 1. The zero-order chi connectivity index (χ0) is 31.2. The van der Waals surface area contributed by atoms with E-state index in [0.717, 1.165) is 20.9 Å². The van der Waals surface area contributed by atoms with E-state index in [9.17, 15) is 14.3 Å².